The van der Waals surface area contributed by atoms with Crippen LogP contribution in [-0.4, -0.2) is 88.2 Å². The average Bonchev–Trinajstić information content (AvgIpc) is 3.56. The van der Waals surface area contributed by atoms with Crippen molar-refractivity contribution in [1.29, 1.82) is 0 Å². The predicted octanol–water partition coefficient (Wildman–Crippen LogP) is 6.30. The molecular weight excluding hydrogens is 611 g/mol. The van der Waals surface area contributed by atoms with Gasteiger partial charge in [-0.2, -0.15) is 0 Å². The number of amides is 2. The Labute approximate surface area is 282 Å². The van der Waals surface area contributed by atoms with Crippen LogP contribution in [0.15, 0.2) is 53.7 Å². The summed E-state index contributed by atoms with van der Waals surface area (Å²) in [6.07, 6.45) is 15.1. The number of hydrogen-bond donors (Lipinski definition) is 2. The highest BCUT2D eigenvalue weighted by Gasteiger charge is 2.38. The third-order valence-electron chi connectivity index (χ3n) is 10.3. The van der Waals surface area contributed by atoms with Crippen LogP contribution >= 0.6 is 11.8 Å². The van der Waals surface area contributed by atoms with Crippen molar-refractivity contribution >= 4 is 40.4 Å². The molecule has 1 aromatic carbocycles. The Bertz CT molecular complexity index is 1460. The highest BCUT2D eigenvalue weighted by atomic mass is 32.2. The van der Waals surface area contributed by atoms with Crippen LogP contribution in [0.1, 0.15) is 92.0 Å². The van der Waals surface area contributed by atoms with E-state index < -0.39 is 12.0 Å². The first-order valence-corrected chi connectivity index (χ1v) is 18.7. The van der Waals surface area contributed by atoms with Crippen molar-refractivity contribution in [2.24, 2.45) is 11.8 Å². The summed E-state index contributed by atoms with van der Waals surface area (Å²) in [7, 11) is 0. The fourth-order valence-corrected chi connectivity index (χ4v) is 9.02. The van der Waals surface area contributed by atoms with Crippen LogP contribution in [0.4, 0.5) is 0 Å². The first-order chi connectivity index (χ1) is 23.0. The van der Waals surface area contributed by atoms with Crippen molar-refractivity contribution in [3.05, 3.63) is 59.9 Å². The maximum absolute atomic E-state index is 14.2. The van der Waals surface area contributed by atoms with E-state index >= 15 is 0 Å². The van der Waals surface area contributed by atoms with E-state index in [-0.39, 0.29) is 24.2 Å². The molecule has 0 spiro atoms. The summed E-state index contributed by atoms with van der Waals surface area (Å²) in [6, 6.07) is 12.7. The van der Waals surface area contributed by atoms with Crippen molar-refractivity contribution in [3.8, 4) is 0 Å². The summed E-state index contributed by atoms with van der Waals surface area (Å²) in [5.41, 5.74) is 1.63. The normalized spacial score (nSPS) is 19.1. The Balaban J connectivity index is 1.17. The van der Waals surface area contributed by atoms with Gasteiger partial charge in [0.05, 0.1) is 12.2 Å². The SMILES string of the molecule is CCOC(=O)c1cccnc1SC[C@H](NC(=O)c1cc2ccccc2[nH]1)C(=O)N1CCN(C(C2CCCCC2)C2CCCCC2)CC1. The molecule has 2 saturated carbocycles. The number of carbonyl (C=O) groups excluding carboxylic acids is 3. The fourth-order valence-electron chi connectivity index (χ4n) is 8.03. The molecule has 252 valence electrons. The molecule has 2 N–H and O–H groups in total. The number of nitrogens with zero attached hydrogens (tertiary/aromatic N) is 3. The van der Waals surface area contributed by atoms with E-state index in [2.05, 4.69) is 20.2 Å². The van der Waals surface area contributed by atoms with Gasteiger partial charge in [-0.05, 0) is 68.7 Å². The number of benzene rings is 1. The molecule has 1 atom stereocenters. The van der Waals surface area contributed by atoms with Crippen LogP contribution in [0.2, 0.25) is 0 Å². The van der Waals surface area contributed by atoms with Gasteiger partial charge >= 0.3 is 5.97 Å². The van der Waals surface area contributed by atoms with Gasteiger partial charge in [-0.3, -0.25) is 14.5 Å². The molecule has 1 saturated heterocycles. The second-order valence-electron chi connectivity index (χ2n) is 13.3. The third-order valence-corrected chi connectivity index (χ3v) is 11.4. The standard InChI is InChI=1S/C37H49N5O4S/c1-2-46-37(45)29-17-11-19-38-35(29)47-25-32(40-34(43)31-24-28-16-9-10-18-30(28)39-31)36(44)42-22-20-41(21-23-42)33(26-12-5-3-6-13-26)27-14-7-4-8-15-27/h9-11,16-19,24,26-27,32-33,39H,2-8,12-15,20-23,25H2,1H3,(H,40,43)/t32-/m0/s1. The number of carbonyl (C=O) groups is 3. The van der Waals surface area contributed by atoms with Crippen LogP contribution in [0.3, 0.4) is 0 Å². The highest BCUT2D eigenvalue weighted by molar-refractivity contribution is 7.99. The van der Waals surface area contributed by atoms with Gasteiger partial charge in [0.15, 0.2) is 0 Å². The smallest absolute Gasteiger partial charge is 0.340 e. The van der Waals surface area contributed by atoms with Gasteiger partial charge in [0, 0.05) is 55.1 Å². The lowest BCUT2D eigenvalue weighted by Crippen LogP contribution is -2.59. The Morgan fingerprint density at radius 2 is 1.62 bits per heavy atom. The van der Waals surface area contributed by atoms with E-state index in [4.69, 9.17) is 4.74 Å². The number of fused-ring (bicyclic) bond motifs is 1. The lowest BCUT2D eigenvalue weighted by molar-refractivity contribution is -0.135. The molecule has 3 aliphatic rings. The minimum atomic E-state index is -0.796. The summed E-state index contributed by atoms with van der Waals surface area (Å²) >= 11 is 1.29. The number of hydrogen-bond acceptors (Lipinski definition) is 7. The fraction of sp³-hybridized carbons (Fsp3) is 0.568. The van der Waals surface area contributed by atoms with Crippen LogP contribution < -0.4 is 5.32 Å². The zero-order valence-electron chi connectivity index (χ0n) is 27.6. The summed E-state index contributed by atoms with van der Waals surface area (Å²) in [5, 5.41) is 4.45. The largest absolute Gasteiger partial charge is 0.462 e. The predicted molar refractivity (Wildman–Crippen MR) is 186 cm³/mol. The zero-order chi connectivity index (χ0) is 32.6. The highest BCUT2D eigenvalue weighted by Crippen LogP contribution is 2.39. The van der Waals surface area contributed by atoms with Crippen LogP contribution in [0.5, 0.6) is 0 Å². The number of aromatic amines is 1. The summed E-state index contributed by atoms with van der Waals surface area (Å²) < 4.78 is 5.24. The van der Waals surface area contributed by atoms with Gasteiger partial charge in [0.1, 0.15) is 16.8 Å². The second-order valence-corrected chi connectivity index (χ2v) is 14.3. The van der Waals surface area contributed by atoms with E-state index in [0.717, 1.165) is 35.8 Å². The molecule has 10 heteroatoms. The number of H-pyrrole nitrogens is 1. The number of ether oxygens (including phenoxy) is 1. The monoisotopic (exact) mass is 659 g/mol. The van der Waals surface area contributed by atoms with Gasteiger partial charge < -0.3 is 19.9 Å². The number of para-hydroxylation sites is 1. The molecule has 2 amide bonds. The first-order valence-electron chi connectivity index (χ1n) is 17.7. The van der Waals surface area contributed by atoms with Gasteiger partial charge in [-0.1, -0.05) is 56.7 Å². The maximum Gasteiger partial charge on any atom is 0.340 e. The van der Waals surface area contributed by atoms with Gasteiger partial charge in [-0.25, -0.2) is 9.78 Å². The van der Waals surface area contributed by atoms with Gasteiger partial charge in [0.2, 0.25) is 5.91 Å². The number of esters is 1. The average molecular weight is 660 g/mol. The van der Waals surface area contributed by atoms with Crippen LogP contribution in [-0.2, 0) is 9.53 Å². The minimum absolute atomic E-state index is 0.0953. The maximum atomic E-state index is 14.2. The second kappa shape index (κ2) is 16.2. The molecule has 2 aliphatic carbocycles. The molecule has 6 rings (SSSR count). The molecule has 47 heavy (non-hydrogen) atoms. The summed E-state index contributed by atoms with van der Waals surface area (Å²) in [5.74, 6) is 0.889. The first kappa shape index (κ1) is 33.5. The van der Waals surface area contributed by atoms with E-state index in [1.807, 2.05) is 35.2 Å². The molecule has 0 bridgehead atoms. The number of pyridine rings is 1. The number of thioether (sulfide) groups is 1. The van der Waals surface area contributed by atoms with Crippen molar-refractivity contribution in [1.82, 2.24) is 25.1 Å². The molecule has 1 aliphatic heterocycles. The minimum Gasteiger partial charge on any atom is -0.462 e. The molecule has 3 fully saturated rings. The van der Waals surface area contributed by atoms with E-state index in [1.165, 1.54) is 76.0 Å². The Kier molecular flexibility index (Phi) is 11.5. The van der Waals surface area contributed by atoms with Crippen LogP contribution in [0, 0.1) is 11.8 Å². The van der Waals surface area contributed by atoms with E-state index in [9.17, 15) is 14.4 Å². The van der Waals surface area contributed by atoms with Gasteiger partial charge in [0.25, 0.3) is 5.91 Å². The number of aromatic nitrogens is 2. The van der Waals surface area contributed by atoms with E-state index in [0.29, 0.717) is 35.4 Å². The Hall–Kier alpha value is -3.37. The molecule has 2 aromatic heterocycles. The summed E-state index contributed by atoms with van der Waals surface area (Å²) in [4.78, 5) is 52.6. The third kappa shape index (κ3) is 8.20. The number of rotatable bonds is 11. The van der Waals surface area contributed by atoms with Crippen molar-refractivity contribution in [2.45, 2.75) is 88.2 Å². The zero-order valence-corrected chi connectivity index (χ0v) is 28.4. The molecule has 3 aromatic rings. The van der Waals surface area contributed by atoms with Crippen molar-refractivity contribution < 1.29 is 19.1 Å². The van der Waals surface area contributed by atoms with E-state index in [1.54, 1.807) is 25.3 Å². The molecule has 0 radical (unpaired) electrons. The number of nitrogens with one attached hydrogen (secondary N) is 2. The lowest BCUT2D eigenvalue weighted by atomic mass is 9.73. The Morgan fingerprint density at radius 3 is 2.28 bits per heavy atom. The Morgan fingerprint density at radius 1 is 0.936 bits per heavy atom. The quantitative estimate of drug-likeness (QED) is 0.184. The van der Waals surface area contributed by atoms with Gasteiger partial charge in [-0.15, -0.1) is 11.8 Å². The summed E-state index contributed by atoms with van der Waals surface area (Å²) in [6.45, 7) is 5.06. The van der Waals surface area contributed by atoms with Crippen molar-refractivity contribution in [3.63, 3.8) is 0 Å². The topological polar surface area (TPSA) is 108 Å². The molecule has 0 unspecified atom stereocenters. The molecule has 9 nitrogen and oxygen atoms in total. The lowest BCUT2D eigenvalue weighted by Gasteiger charge is -2.48. The van der Waals surface area contributed by atoms with Crippen molar-refractivity contribution in [2.75, 3.05) is 38.5 Å². The number of piperazine rings is 1. The van der Waals surface area contributed by atoms with Crippen LogP contribution in [0.25, 0.3) is 10.9 Å². The molecule has 3 heterocycles. The molecular formula is C37H49N5O4S.